The number of carbonyl (C=O) groups excluding carboxylic acids is 1. The van der Waals surface area contributed by atoms with Crippen molar-refractivity contribution in [2.45, 2.75) is 5.03 Å². The highest BCUT2D eigenvalue weighted by Crippen LogP contribution is 2.28. The molecule has 1 N–H and O–H groups in total. The molecule has 156 valence electrons. The van der Waals surface area contributed by atoms with Crippen molar-refractivity contribution in [1.82, 2.24) is 19.7 Å². The van der Waals surface area contributed by atoms with E-state index < -0.39 is 10.8 Å². The Kier molecular flexibility index (Phi) is 5.78. The van der Waals surface area contributed by atoms with Gasteiger partial charge in [-0.25, -0.2) is 19.0 Å². The van der Waals surface area contributed by atoms with E-state index in [-0.39, 0.29) is 28.0 Å². The Morgan fingerprint density at radius 1 is 1.23 bits per heavy atom. The molecule has 9 nitrogen and oxygen atoms in total. The van der Waals surface area contributed by atoms with Crippen LogP contribution in [0.5, 0.6) is 0 Å². The first-order valence-corrected chi connectivity index (χ1v) is 10.1. The zero-order chi connectivity index (χ0) is 22.0. The largest absolute Gasteiger partial charge is 0.324 e. The minimum atomic E-state index is -0.572. The van der Waals surface area contributed by atoms with Crippen molar-refractivity contribution in [1.29, 1.82) is 0 Å². The smallest absolute Gasteiger partial charge is 0.271 e. The lowest BCUT2D eigenvalue weighted by molar-refractivity contribution is -0.384. The Labute approximate surface area is 183 Å². The number of rotatable bonds is 6. The first-order valence-electron chi connectivity index (χ1n) is 8.73. The molecule has 0 aliphatic carbocycles. The summed E-state index contributed by atoms with van der Waals surface area (Å²) in [5.41, 5.74) is 1.10. The lowest BCUT2D eigenvalue weighted by atomic mass is 10.3. The zero-order valence-electron chi connectivity index (χ0n) is 15.5. The summed E-state index contributed by atoms with van der Waals surface area (Å²) in [6, 6.07) is 9.59. The normalized spacial score (nSPS) is 10.9. The van der Waals surface area contributed by atoms with Crippen LogP contribution < -0.4 is 5.32 Å². The van der Waals surface area contributed by atoms with E-state index in [0.717, 1.165) is 11.8 Å². The van der Waals surface area contributed by atoms with Crippen molar-refractivity contribution >= 4 is 51.7 Å². The molecule has 0 bridgehead atoms. The fourth-order valence-corrected chi connectivity index (χ4v) is 3.68. The van der Waals surface area contributed by atoms with E-state index in [1.165, 1.54) is 36.7 Å². The number of nitrogens with one attached hydrogen (secondary N) is 1. The third-order valence-corrected chi connectivity index (χ3v) is 5.51. The molecule has 2 aromatic carbocycles. The predicted molar refractivity (Wildman–Crippen MR) is 114 cm³/mol. The Bertz CT molecular complexity index is 1300. The summed E-state index contributed by atoms with van der Waals surface area (Å²) in [7, 11) is 0. The lowest BCUT2D eigenvalue weighted by Crippen LogP contribution is -2.14. The fraction of sp³-hybridized carbons (Fsp3) is 0.0526. The highest BCUT2D eigenvalue weighted by molar-refractivity contribution is 8.00. The van der Waals surface area contributed by atoms with Crippen LogP contribution in [0.25, 0.3) is 16.7 Å². The highest BCUT2D eigenvalue weighted by Gasteiger charge is 2.15. The van der Waals surface area contributed by atoms with Crippen molar-refractivity contribution < 1.29 is 14.1 Å². The van der Waals surface area contributed by atoms with Gasteiger partial charge in [0, 0.05) is 12.1 Å². The zero-order valence-corrected chi connectivity index (χ0v) is 17.1. The molecule has 4 rings (SSSR count). The monoisotopic (exact) mass is 458 g/mol. The van der Waals surface area contributed by atoms with E-state index in [1.807, 2.05) is 0 Å². The van der Waals surface area contributed by atoms with Gasteiger partial charge in [-0.15, -0.1) is 0 Å². The molecule has 0 aliphatic heterocycles. The number of nitro benzene ring substituents is 1. The van der Waals surface area contributed by atoms with E-state index in [0.29, 0.717) is 21.7 Å². The molecule has 0 saturated heterocycles. The van der Waals surface area contributed by atoms with Crippen LogP contribution in [0.2, 0.25) is 5.02 Å². The van der Waals surface area contributed by atoms with Crippen LogP contribution in [0.1, 0.15) is 0 Å². The molecule has 12 heteroatoms. The molecule has 2 heterocycles. The van der Waals surface area contributed by atoms with Crippen molar-refractivity contribution in [3.05, 3.63) is 75.9 Å². The van der Waals surface area contributed by atoms with Gasteiger partial charge < -0.3 is 5.32 Å². The number of aromatic nitrogens is 4. The fourth-order valence-electron chi connectivity index (χ4n) is 2.75. The van der Waals surface area contributed by atoms with Crippen LogP contribution in [0.3, 0.4) is 0 Å². The molecule has 0 atom stereocenters. The number of hydrogen-bond donors (Lipinski definition) is 1. The van der Waals surface area contributed by atoms with Crippen molar-refractivity contribution in [2.75, 3.05) is 11.1 Å². The topological polar surface area (TPSA) is 116 Å². The second-order valence-electron chi connectivity index (χ2n) is 6.21. The number of hydrogen-bond acceptors (Lipinski definition) is 7. The van der Waals surface area contributed by atoms with Crippen LogP contribution >= 0.6 is 23.4 Å². The number of amides is 1. The second kappa shape index (κ2) is 8.66. The third-order valence-electron chi connectivity index (χ3n) is 4.18. The lowest BCUT2D eigenvalue weighted by Gasteiger charge is -2.07. The first kappa shape index (κ1) is 20.7. The van der Waals surface area contributed by atoms with Gasteiger partial charge in [0.25, 0.3) is 5.69 Å². The van der Waals surface area contributed by atoms with E-state index >= 15 is 0 Å². The van der Waals surface area contributed by atoms with Gasteiger partial charge in [0.05, 0.1) is 38.7 Å². The number of nitrogens with zero attached hydrogens (tertiary/aromatic N) is 5. The van der Waals surface area contributed by atoms with E-state index in [9.17, 15) is 19.3 Å². The van der Waals surface area contributed by atoms with Gasteiger partial charge in [-0.2, -0.15) is 5.10 Å². The number of nitro groups is 1. The summed E-state index contributed by atoms with van der Waals surface area (Å²) in [6.07, 6.45) is 2.91. The van der Waals surface area contributed by atoms with Crippen LogP contribution in [-0.4, -0.2) is 36.3 Å². The SMILES string of the molecule is O=C(CSc1ncnc2c1cnn2-c1ccc(F)cc1)Nc1cc([N+](=O)[O-])ccc1Cl. The molecule has 0 radical (unpaired) electrons. The van der Waals surface area contributed by atoms with Gasteiger partial charge in [0.15, 0.2) is 5.65 Å². The van der Waals surface area contributed by atoms with Crippen LogP contribution in [0, 0.1) is 15.9 Å². The molecule has 2 aromatic heterocycles. The van der Waals surface area contributed by atoms with Crippen LogP contribution in [0.4, 0.5) is 15.8 Å². The molecule has 31 heavy (non-hydrogen) atoms. The predicted octanol–water partition coefficient (Wildman–Crippen LogP) is 4.25. The Morgan fingerprint density at radius 2 is 2.00 bits per heavy atom. The van der Waals surface area contributed by atoms with Gasteiger partial charge in [-0.3, -0.25) is 14.9 Å². The van der Waals surface area contributed by atoms with Gasteiger partial charge in [-0.05, 0) is 30.3 Å². The number of benzene rings is 2. The molecule has 0 aliphatic rings. The van der Waals surface area contributed by atoms with Gasteiger partial charge in [-0.1, -0.05) is 23.4 Å². The molecular formula is C19H12ClFN6O3S. The summed E-state index contributed by atoms with van der Waals surface area (Å²) in [4.78, 5) is 31.1. The number of non-ortho nitro benzene ring substituents is 1. The van der Waals surface area contributed by atoms with E-state index in [4.69, 9.17) is 11.6 Å². The molecule has 0 saturated carbocycles. The summed E-state index contributed by atoms with van der Waals surface area (Å²) in [5.74, 6) is -0.793. The van der Waals surface area contributed by atoms with Gasteiger partial charge in [0.2, 0.25) is 5.91 Å². The molecule has 0 fully saturated rings. The standard InChI is InChI=1S/C19H12ClFN6O3S/c20-15-6-5-13(27(29)30)7-16(15)25-17(28)9-31-19-14-8-24-26(18(14)22-10-23-19)12-3-1-11(21)2-4-12/h1-8,10H,9H2,(H,25,28). The van der Waals surface area contributed by atoms with Crippen LogP contribution in [-0.2, 0) is 4.79 Å². The minimum absolute atomic E-state index is 0.0210. The number of anilines is 1. The quantitative estimate of drug-likeness (QED) is 0.199. The number of halogens is 2. The molecule has 0 spiro atoms. The molecule has 0 unspecified atom stereocenters. The Morgan fingerprint density at radius 3 is 2.74 bits per heavy atom. The van der Waals surface area contributed by atoms with Crippen molar-refractivity contribution in [2.24, 2.45) is 0 Å². The minimum Gasteiger partial charge on any atom is -0.324 e. The van der Waals surface area contributed by atoms with E-state index in [2.05, 4.69) is 20.4 Å². The average Bonchev–Trinajstić information content (AvgIpc) is 3.19. The number of fused-ring (bicyclic) bond motifs is 1. The summed E-state index contributed by atoms with van der Waals surface area (Å²) < 4.78 is 14.7. The number of carbonyl (C=O) groups is 1. The summed E-state index contributed by atoms with van der Waals surface area (Å²) in [5, 5.41) is 19.1. The van der Waals surface area contributed by atoms with Gasteiger partial charge >= 0.3 is 0 Å². The molecular weight excluding hydrogens is 447 g/mol. The third kappa shape index (κ3) is 4.47. The maximum atomic E-state index is 13.2. The Hall–Kier alpha value is -3.57. The first-order chi connectivity index (χ1) is 14.9. The maximum absolute atomic E-state index is 13.2. The Balaban J connectivity index is 1.51. The average molecular weight is 459 g/mol. The maximum Gasteiger partial charge on any atom is 0.271 e. The number of thioether (sulfide) groups is 1. The molecule has 1 amide bonds. The van der Waals surface area contributed by atoms with E-state index in [1.54, 1.807) is 23.0 Å². The summed E-state index contributed by atoms with van der Waals surface area (Å²) in [6.45, 7) is 0. The molecule has 4 aromatic rings. The summed E-state index contributed by atoms with van der Waals surface area (Å²) >= 11 is 7.16. The van der Waals surface area contributed by atoms with Gasteiger partial charge in [0.1, 0.15) is 17.2 Å². The van der Waals surface area contributed by atoms with Crippen molar-refractivity contribution in [3.8, 4) is 5.69 Å². The second-order valence-corrected chi connectivity index (χ2v) is 7.58. The van der Waals surface area contributed by atoms with Crippen molar-refractivity contribution in [3.63, 3.8) is 0 Å². The highest BCUT2D eigenvalue weighted by atomic mass is 35.5. The van der Waals surface area contributed by atoms with Crippen LogP contribution in [0.15, 0.2) is 60.0 Å².